The van der Waals surface area contributed by atoms with Crippen molar-refractivity contribution >= 4 is 0 Å². The van der Waals surface area contributed by atoms with Crippen molar-refractivity contribution in [3.63, 3.8) is 0 Å². The minimum Gasteiger partial charge on any atom is -0.383 e. The van der Waals surface area contributed by atoms with Gasteiger partial charge in [0, 0.05) is 38.8 Å². The maximum atomic E-state index is 5.52. The Morgan fingerprint density at radius 2 is 2.33 bits per heavy atom. The highest BCUT2D eigenvalue weighted by atomic mass is 16.5. The van der Waals surface area contributed by atoms with Crippen molar-refractivity contribution in [3.8, 4) is 0 Å². The number of hydrogen-bond acceptors (Lipinski definition) is 4. The third kappa shape index (κ3) is 4.07. The molecule has 0 spiro atoms. The molecular weight excluding hydrogens is 192 g/mol. The summed E-state index contributed by atoms with van der Waals surface area (Å²) in [6, 6.07) is 0. The predicted molar refractivity (Wildman–Crippen MR) is 61.2 cm³/mol. The predicted octanol–water partition coefficient (Wildman–Crippen LogP) is 0.191. The summed E-state index contributed by atoms with van der Waals surface area (Å²) in [5, 5.41) is 3.27. The van der Waals surface area contributed by atoms with Gasteiger partial charge in [-0.1, -0.05) is 0 Å². The van der Waals surface area contributed by atoms with Crippen molar-refractivity contribution < 1.29 is 9.47 Å². The SMILES string of the molecule is CNCC1(CN(C)CCOC)CCOC1. The molecule has 1 aliphatic heterocycles. The van der Waals surface area contributed by atoms with Crippen LogP contribution in [0.4, 0.5) is 0 Å². The molecule has 0 aromatic carbocycles. The molecule has 0 aliphatic carbocycles. The first-order valence-corrected chi connectivity index (χ1v) is 5.62. The fourth-order valence-electron chi connectivity index (χ4n) is 2.24. The number of hydrogen-bond donors (Lipinski definition) is 1. The van der Waals surface area contributed by atoms with E-state index in [9.17, 15) is 0 Å². The van der Waals surface area contributed by atoms with Crippen molar-refractivity contribution in [2.45, 2.75) is 6.42 Å². The highest BCUT2D eigenvalue weighted by molar-refractivity contribution is 4.87. The molecule has 15 heavy (non-hydrogen) atoms. The standard InChI is InChI=1S/C11H24N2O2/c1-12-8-11(4-6-15-10-11)9-13(2)5-7-14-3/h12H,4-10H2,1-3H3. The summed E-state index contributed by atoms with van der Waals surface area (Å²) in [5.74, 6) is 0. The lowest BCUT2D eigenvalue weighted by molar-refractivity contribution is 0.101. The maximum Gasteiger partial charge on any atom is 0.0589 e. The van der Waals surface area contributed by atoms with E-state index in [4.69, 9.17) is 9.47 Å². The minimum absolute atomic E-state index is 0.303. The van der Waals surface area contributed by atoms with E-state index in [1.807, 2.05) is 7.05 Å². The van der Waals surface area contributed by atoms with Crippen LogP contribution in [0.5, 0.6) is 0 Å². The summed E-state index contributed by atoms with van der Waals surface area (Å²) < 4.78 is 10.6. The molecule has 1 rings (SSSR count). The van der Waals surface area contributed by atoms with Gasteiger partial charge in [0.15, 0.2) is 0 Å². The molecule has 4 nitrogen and oxygen atoms in total. The van der Waals surface area contributed by atoms with Gasteiger partial charge >= 0.3 is 0 Å². The van der Waals surface area contributed by atoms with Crippen LogP contribution in [0, 0.1) is 5.41 Å². The fraction of sp³-hybridized carbons (Fsp3) is 1.00. The first-order chi connectivity index (χ1) is 7.22. The molecule has 90 valence electrons. The molecule has 1 aliphatic rings. The van der Waals surface area contributed by atoms with E-state index in [1.54, 1.807) is 7.11 Å². The van der Waals surface area contributed by atoms with Gasteiger partial charge in [0.1, 0.15) is 0 Å². The first-order valence-electron chi connectivity index (χ1n) is 5.62. The zero-order valence-electron chi connectivity index (χ0n) is 10.2. The number of nitrogens with one attached hydrogen (secondary N) is 1. The van der Waals surface area contributed by atoms with Crippen LogP contribution in [0.2, 0.25) is 0 Å². The Hall–Kier alpha value is -0.160. The smallest absolute Gasteiger partial charge is 0.0589 e. The monoisotopic (exact) mass is 216 g/mol. The average molecular weight is 216 g/mol. The van der Waals surface area contributed by atoms with Gasteiger partial charge in [-0.25, -0.2) is 0 Å². The molecule has 0 aromatic rings. The van der Waals surface area contributed by atoms with Gasteiger partial charge in [-0.3, -0.25) is 0 Å². The summed E-state index contributed by atoms with van der Waals surface area (Å²) in [5.41, 5.74) is 0.303. The molecule has 0 amide bonds. The summed E-state index contributed by atoms with van der Waals surface area (Å²) in [6.45, 7) is 5.68. The molecule has 1 atom stereocenters. The second-order valence-corrected chi connectivity index (χ2v) is 4.56. The van der Waals surface area contributed by atoms with Gasteiger partial charge in [-0.05, 0) is 20.5 Å². The van der Waals surface area contributed by atoms with Crippen LogP contribution in [0.3, 0.4) is 0 Å². The van der Waals surface area contributed by atoms with Crippen molar-refractivity contribution in [2.75, 3.05) is 60.7 Å². The third-order valence-electron chi connectivity index (χ3n) is 3.02. The Morgan fingerprint density at radius 3 is 2.87 bits per heavy atom. The highest BCUT2D eigenvalue weighted by Gasteiger charge is 2.35. The number of methoxy groups -OCH3 is 1. The molecule has 1 heterocycles. The lowest BCUT2D eigenvalue weighted by atomic mass is 9.86. The van der Waals surface area contributed by atoms with E-state index in [0.717, 1.165) is 45.9 Å². The van der Waals surface area contributed by atoms with Crippen molar-refractivity contribution in [2.24, 2.45) is 5.41 Å². The van der Waals surface area contributed by atoms with Gasteiger partial charge in [0.2, 0.25) is 0 Å². The molecule has 4 heteroatoms. The zero-order chi connectivity index (χ0) is 11.1. The quantitative estimate of drug-likeness (QED) is 0.659. The zero-order valence-corrected chi connectivity index (χ0v) is 10.2. The first kappa shape index (κ1) is 12.9. The van der Waals surface area contributed by atoms with Crippen LogP contribution < -0.4 is 5.32 Å². The van der Waals surface area contributed by atoms with Crippen molar-refractivity contribution in [3.05, 3.63) is 0 Å². The Kier molecular flexibility index (Phi) is 5.53. The van der Waals surface area contributed by atoms with E-state index in [1.165, 1.54) is 0 Å². The lowest BCUT2D eigenvalue weighted by Crippen LogP contribution is -2.43. The molecule has 1 unspecified atom stereocenters. The van der Waals surface area contributed by atoms with Crippen LogP contribution in [0.15, 0.2) is 0 Å². The Labute approximate surface area is 92.9 Å². The Morgan fingerprint density at radius 1 is 1.53 bits per heavy atom. The number of ether oxygens (including phenoxy) is 2. The van der Waals surface area contributed by atoms with Crippen molar-refractivity contribution in [1.82, 2.24) is 10.2 Å². The highest BCUT2D eigenvalue weighted by Crippen LogP contribution is 2.28. The summed E-state index contributed by atoms with van der Waals surface area (Å²) in [4.78, 5) is 2.33. The Bertz CT molecular complexity index is 170. The summed E-state index contributed by atoms with van der Waals surface area (Å²) in [6.07, 6.45) is 1.16. The summed E-state index contributed by atoms with van der Waals surface area (Å²) in [7, 11) is 5.90. The van der Waals surface area contributed by atoms with Crippen LogP contribution in [-0.2, 0) is 9.47 Å². The average Bonchev–Trinajstić information content (AvgIpc) is 2.64. The molecule has 1 fully saturated rings. The fourth-order valence-corrected chi connectivity index (χ4v) is 2.24. The minimum atomic E-state index is 0.303. The molecule has 1 saturated heterocycles. The van der Waals surface area contributed by atoms with Gasteiger partial charge < -0.3 is 19.7 Å². The van der Waals surface area contributed by atoms with Gasteiger partial charge in [0.05, 0.1) is 13.2 Å². The Balaban J connectivity index is 2.36. The summed E-state index contributed by atoms with van der Waals surface area (Å²) >= 11 is 0. The van der Waals surface area contributed by atoms with Crippen LogP contribution in [0.25, 0.3) is 0 Å². The molecule has 0 aromatic heterocycles. The molecule has 1 N–H and O–H groups in total. The second kappa shape index (κ2) is 6.43. The van der Waals surface area contributed by atoms with Gasteiger partial charge in [0.25, 0.3) is 0 Å². The van der Waals surface area contributed by atoms with E-state index in [0.29, 0.717) is 5.41 Å². The third-order valence-corrected chi connectivity index (χ3v) is 3.02. The van der Waals surface area contributed by atoms with Crippen LogP contribution in [0.1, 0.15) is 6.42 Å². The molecular formula is C11H24N2O2. The topological polar surface area (TPSA) is 33.7 Å². The normalized spacial score (nSPS) is 26.4. The van der Waals surface area contributed by atoms with Gasteiger partial charge in [-0.2, -0.15) is 0 Å². The van der Waals surface area contributed by atoms with Gasteiger partial charge in [-0.15, -0.1) is 0 Å². The van der Waals surface area contributed by atoms with Crippen LogP contribution >= 0.6 is 0 Å². The van der Waals surface area contributed by atoms with Crippen LogP contribution in [-0.4, -0.2) is 65.6 Å². The number of likely N-dealkylation sites (N-methyl/N-ethyl adjacent to an activating group) is 1. The largest absolute Gasteiger partial charge is 0.383 e. The maximum absolute atomic E-state index is 5.52. The lowest BCUT2D eigenvalue weighted by Gasteiger charge is -2.32. The second-order valence-electron chi connectivity index (χ2n) is 4.56. The molecule has 0 bridgehead atoms. The molecule has 0 radical (unpaired) electrons. The molecule has 0 saturated carbocycles. The van der Waals surface area contributed by atoms with E-state index in [-0.39, 0.29) is 0 Å². The number of rotatable bonds is 7. The number of nitrogens with zero attached hydrogens (tertiary/aromatic N) is 1. The van der Waals surface area contributed by atoms with Crippen molar-refractivity contribution in [1.29, 1.82) is 0 Å². The van der Waals surface area contributed by atoms with E-state index >= 15 is 0 Å². The van der Waals surface area contributed by atoms with E-state index < -0.39 is 0 Å². The van der Waals surface area contributed by atoms with E-state index in [2.05, 4.69) is 17.3 Å².